The van der Waals surface area contributed by atoms with Crippen LogP contribution >= 0.6 is 0 Å². The Bertz CT molecular complexity index is 1380. The first-order valence-electron chi connectivity index (χ1n) is 11.9. The highest BCUT2D eigenvalue weighted by atomic mass is 32.3. The van der Waals surface area contributed by atoms with Gasteiger partial charge in [0.05, 0.1) is 0 Å². The van der Waals surface area contributed by atoms with Crippen molar-refractivity contribution < 1.29 is 21.6 Å². The molecule has 3 rings (SSSR count). The molecule has 1 aromatic heterocycles. The molecule has 1 aliphatic rings. The Kier molecular flexibility index (Phi) is 9.09. The number of carbonyl (C=O) groups excluding carboxylic acids is 1. The van der Waals surface area contributed by atoms with Crippen molar-refractivity contribution in [3.05, 3.63) is 53.0 Å². The van der Waals surface area contributed by atoms with Crippen molar-refractivity contribution in [1.29, 1.82) is 5.26 Å². The van der Waals surface area contributed by atoms with Crippen LogP contribution < -0.4 is 10.6 Å². The SMILES string of the molecule is CN1CCN(Cc2ccc(C(=O)NCc3cnc(C#N)nc3NCC(C)(S(C)(=O)=O)S(C)(=O)=O)cc2)CC1. The number of hydrogen-bond acceptors (Lipinski definition) is 11. The number of amides is 1. The van der Waals surface area contributed by atoms with Gasteiger partial charge in [0.25, 0.3) is 5.91 Å². The lowest BCUT2D eigenvalue weighted by Crippen LogP contribution is -2.48. The highest BCUT2D eigenvalue weighted by Crippen LogP contribution is 2.24. The van der Waals surface area contributed by atoms with Gasteiger partial charge in [-0.25, -0.2) is 26.8 Å². The van der Waals surface area contributed by atoms with Gasteiger partial charge in [0.1, 0.15) is 11.9 Å². The Morgan fingerprint density at radius 3 is 2.24 bits per heavy atom. The zero-order valence-corrected chi connectivity index (χ0v) is 23.6. The number of piperazine rings is 1. The molecule has 1 aliphatic heterocycles. The predicted molar refractivity (Wildman–Crippen MR) is 144 cm³/mol. The van der Waals surface area contributed by atoms with E-state index in [1.165, 1.54) is 6.20 Å². The second kappa shape index (κ2) is 11.7. The van der Waals surface area contributed by atoms with E-state index >= 15 is 0 Å². The lowest BCUT2D eigenvalue weighted by molar-refractivity contribution is 0.0951. The Morgan fingerprint density at radius 2 is 1.68 bits per heavy atom. The molecule has 0 unspecified atom stereocenters. The molecule has 12 nitrogen and oxygen atoms in total. The third-order valence-electron chi connectivity index (χ3n) is 6.77. The molecule has 0 aliphatic carbocycles. The number of anilines is 1. The minimum Gasteiger partial charge on any atom is -0.367 e. The second-order valence-electron chi connectivity index (χ2n) is 9.67. The number of sulfone groups is 2. The smallest absolute Gasteiger partial charge is 0.251 e. The van der Waals surface area contributed by atoms with E-state index in [2.05, 4.69) is 37.4 Å². The van der Waals surface area contributed by atoms with Crippen LogP contribution in [0.4, 0.5) is 5.82 Å². The van der Waals surface area contributed by atoms with Crippen molar-refractivity contribution in [3.63, 3.8) is 0 Å². The van der Waals surface area contributed by atoms with Crippen LogP contribution in [0.1, 0.15) is 34.2 Å². The second-order valence-corrected chi connectivity index (χ2v) is 14.8. The average molecular weight is 564 g/mol. The normalized spacial score (nSPS) is 15.6. The maximum Gasteiger partial charge on any atom is 0.251 e. The van der Waals surface area contributed by atoms with E-state index in [9.17, 15) is 26.9 Å². The van der Waals surface area contributed by atoms with Crippen molar-refractivity contribution in [3.8, 4) is 6.07 Å². The van der Waals surface area contributed by atoms with Gasteiger partial charge in [-0.1, -0.05) is 12.1 Å². The van der Waals surface area contributed by atoms with E-state index in [1.54, 1.807) is 18.2 Å². The Hall–Kier alpha value is -3.12. The molecule has 0 saturated carbocycles. The number of nitrogens with zero attached hydrogens (tertiary/aromatic N) is 5. The fourth-order valence-corrected chi connectivity index (χ4v) is 6.70. The monoisotopic (exact) mass is 563 g/mol. The first kappa shape index (κ1) is 29.4. The molecule has 1 amide bonds. The molecule has 2 N–H and O–H groups in total. The number of aromatic nitrogens is 2. The van der Waals surface area contributed by atoms with Gasteiger partial charge >= 0.3 is 0 Å². The molecule has 0 radical (unpaired) electrons. The lowest BCUT2D eigenvalue weighted by Gasteiger charge is -2.32. The number of rotatable bonds is 10. The van der Waals surface area contributed by atoms with Crippen LogP contribution in [0, 0.1) is 11.3 Å². The fourth-order valence-electron chi connectivity index (χ4n) is 3.83. The summed E-state index contributed by atoms with van der Waals surface area (Å²) >= 11 is 0. The van der Waals surface area contributed by atoms with Gasteiger partial charge in [0.2, 0.25) is 5.82 Å². The summed E-state index contributed by atoms with van der Waals surface area (Å²) in [5, 5.41) is 14.7. The van der Waals surface area contributed by atoms with Crippen LogP contribution in [0.15, 0.2) is 30.5 Å². The van der Waals surface area contributed by atoms with Gasteiger partial charge in [-0.3, -0.25) is 9.69 Å². The van der Waals surface area contributed by atoms with E-state index in [0.29, 0.717) is 11.1 Å². The fraction of sp³-hybridized carbons (Fsp3) is 0.500. The summed E-state index contributed by atoms with van der Waals surface area (Å²) in [6, 6.07) is 9.12. The zero-order valence-electron chi connectivity index (χ0n) is 21.9. The van der Waals surface area contributed by atoms with Crippen LogP contribution in [0.2, 0.25) is 0 Å². The number of nitriles is 1. The van der Waals surface area contributed by atoms with E-state index in [4.69, 9.17) is 0 Å². The van der Waals surface area contributed by atoms with Gasteiger partial charge in [-0.15, -0.1) is 0 Å². The van der Waals surface area contributed by atoms with Crippen molar-refractivity contribution in [2.45, 2.75) is 24.1 Å². The van der Waals surface area contributed by atoms with Crippen molar-refractivity contribution in [2.75, 3.05) is 57.6 Å². The first-order chi connectivity index (χ1) is 17.7. The van der Waals surface area contributed by atoms with E-state index < -0.39 is 30.3 Å². The molecule has 1 aromatic carbocycles. The molecule has 0 spiro atoms. The quantitative estimate of drug-likeness (QED) is 0.407. The standard InChI is InChI=1S/C24H33N7O5S2/c1-24(37(3,33)34,38(4,35)36)17-28-22-20(14-26-21(13-25)29-22)15-27-23(32)19-7-5-18(6-8-19)16-31-11-9-30(2)10-12-31/h5-8,14H,9-12,15-17H2,1-4H3,(H,27,32)(H,26,28,29). The lowest BCUT2D eigenvalue weighted by atomic mass is 10.1. The molecule has 2 heterocycles. The van der Waals surface area contributed by atoms with Crippen LogP contribution in [0.3, 0.4) is 0 Å². The van der Waals surface area contributed by atoms with Gasteiger partial charge in [0, 0.05) is 75.6 Å². The molecule has 1 fully saturated rings. The molecule has 1 saturated heterocycles. The van der Waals surface area contributed by atoms with Gasteiger partial charge in [-0.05, 0) is 31.7 Å². The summed E-state index contributed by atoms with van der Waals surface area (Å²) in [4.78, 5) is 25.4. The van der Waals surface area contributed by atoms with E-state index in [-0.39, 0.29) is 24.1 Å². The largest absolute Gasteiger partial charge is 0.367 e. The Balaban J connectivity index is 1.69. The highest BCUT2D eigenvalue weighted by molar-refractivity contribution is 8.09. The summed E-state index contributed by atoms with van der Waals surface area (Å²) in [5.74, 6) is -0.486. The van der Waals surface area contributed by atoms with Crippen molar-refractivity contribution >= 4 is 31.4 Å². The number of likely N-dealkylation sites (N-methyl/N-ethyl adjacent to an activating group) is 1. The van der Waals surface area contributed by atoms with Crippen LogP contribution in [0.25, 0.3) is 0 Å². The first-order valence-corrected chi connectivity index (χ1v) is 15.7. The minimum atomic E-state index is -4.03. The minimum absolute atomic E-state index is 0.0373. The van der Waals surface area contributed by atoms with Crippen LogP contribution in [-0.2, 0) is 32.8 Å². The van der Waals surface area contributed by atoms with Crippen LogP contribution in [0.5, 0.6) is 0 Å². The summed E-state index contributed by atoms with van der Waals surface area (Å²) in [7, 11) is -5.96. The number of hydrogen-bond donors (Lipinski definition) is 2. The number of nitrogens with one attached hydrogen (secondary N) is 2. The molecule has 0 atom stereocenters. The van der Waals surface area contributed by atoms with E-state index in [1.807, 2.05) is 12.1 Å². The summed E-state index contributed by atoms with van der Waals surface area (Å²) in [6.07, 6.45) is 3.01. The summed E-state index contributed by atoms with van der Waals surface area (Å²) < 4.78 is 47.0. The van der Waals surface area contributed by atoms with Crippen LogP contribution in [-0.4, -0.2) is 98.9 Å². The maximum absolute atomic E-state index is 12.8. The number of carbonyl (C=O) groups is 1. The number of benzene rings is 1. The van der Waals surface area contributed by atoms with Crippen molar-refractivity contribution in [2.24, 2.45) is 0 Å². The molecular weight excluding hydrogens is 530 g/mol. The Labute approximate surface area is 223 Å². The Morgan fingerprint density at radius 1 is 1.08 bits per heavy atom. The summed E-state index contributed by atoms with van der Waals surface area (Å²) in [6.45, 7) is 5.41. The third-order valence-corrected chi connectivity index (χ3v) is 12.0. The van der Waals surface area contributed by atoms with Gasteiger partial charge in [0.15, 0.2) is 23.8 Å². The molecule has 2 aromatic rings. The average Bonchev–Trinajstić information content (AvgIpc) is 2.86. The maximum atomic E-state index is 12.8. The van der Waals surface area contributed by atoms with Gasteiger partial charge < -0.3 is 15.5 Å². The van der Waals surface area contributed by atoms with E-state index in [0.717, 1.165) is 57.7 Å². The summed E-state index contributed by atoms with van der Waals surface area (Å²) in [5.41, 5.74) is 1.92. The predicted octanol–water partition coefficient (Wildman–Crippen LogP) is 0.243. The molecule has 14 heteroatoms. The van der Waals surface area contributed by atoms with Gasteiger partial charge in [-0.2, -0.15) is 5.26 Å². The molecular formula is C24H33N7O5S2. The third kappa shape index (κ3) is 7.04. The highest BCUT2D eigenvalue weighted by Gasteiger charge is 2.46. The topological polar surface area (TPSA) is 165 Å². The molecule has 206 valence electrons. The van der Waals surface area contributed by atoms with Crippen molar-refractivity contribution in [1.82, 2.24) is 25.1 Å². The molecule has 38 heavy (non-hydrogen) atoms. The molecule has 0 bridgehead atoms. The zero-order chi connectivity index (χ0) is 28.1.